The molecule has 0 aliphatic rings. The molecule has 1 atom stereocenters. The molecule has 0 aliphatic heterocycles. The lowest BCUT2D eigenvalue weighted by atomic mass is 10.2. The van der Waals surface area contributed by atoms with Gasteiger partial charge < -0.3 is 15.2 Å². The number of carbonyl (C=O) groups excluding carboxylic acids is 1. The highest BCUT2D eigenvalue weighted by Crippen LogP contribution is 2.06. The van der Waals surface area contributed by atoms with E-state index in [1.807, 2.05) is 0 Å². The Morgan fingerprint density at radius 2 is 2.00 bits per heavy atom. The number of halogens is 1. The summed E-state index contributed by atoms with van der Waals surface area (Å²) in [7, 11) is 0. The van der Waals surface area contributed by atoms with Gasteiger partial charge in [-0.3, -0.25) is 0 Å². The van der Waals surface area contributed by atoms with E-state index < -0.39 is 23.7 Å². The maximum atomic E-state index is 11.1. The first-order chi connectivity index (χ1) is 6.26. The number of alkyl carbamates (subject to hydrolysis) is 1. The molecule has 0 aromatic rings. The molecule has 0 spiro atoms. The summed E-state index contributed by atoms with van der Waals surface area (Å²) in [5.74, 6) is -1.39. The lowest BCUT2D eigenvalue weighted by molar-refractivity contribution is -0.138. The molecule has 14 heavy (non-hydrogen) atoms. The van der Waals surface area contributed by atoms with Crippen LogP contribution in [0.2, 0.25) is 0 Å². The summed E-state index contributed by atoms with van der Waals surface area (Å²) in [4.78, 5) is 21.6. The fourth-order valence-corrected chi connectivity index (χ4v) is 0.825. The number of hydrogen-bond donors (Lipinski definition) is 2. The van der Waals surface area contributed by atoms with E-state index in [2.05, 4.69) is 5.32 Å². The molecule has 0 rings (SSSR count). The Kier molecular flexibility index (Phi) is 4.70. The zero-order chi connectivity index (χ0) is 11.4. The Bertz CT molecular complexity index is 224. The van der Waals surface area contributed by atoms with E-state index in [0.717, 1.165) is 0 Å². The predicted octanol–water partition coefficient (Wildman–Crippen LogP) is 1.20. The molecule has 0 saturated carbocycles. The minimum atomic E-state index is -1.19. The molecule has 0 aromatic heterocycles. The fourth-order valence-electron chi connectivity index (χ4n) is 0.616. The van der Waals surface area contributed by atoms with Crippen LogP contribution in [0.5, 0.6) is 0 Å². The van der Waals surface area contributed by atoms with Crippen molar-refractivity contribution < 1.29 is 19.4 Å². The number of carboxylic acids is 1. The average molecular weight is 224 g/mol. The lowest BCUT2D eigenvalue weighted by Gasteiger charge is -2.21. The van der Waals surface area contributed by atoms with Gasteiger partial charge in [0.1, 0.15) is 11.6 Å². The predicted molar refractivity (Wildman–Crippen MR) is 51.5 cm³/mol. The minimum Gasteiger partial charge on any atom is -0.480 e. The molecule has 0 aromatic carbocycles. The second-order valence-electron chi connectivity index (χ2n) is 3.69. The lowest BCUT2D eigenvalue weighted by Crippen LogP contribution is -2.44. The van der Waals surface area contributed by atoms with E-state index in [0.29, 0.717) is 0 Å². The van der Waals surface area contributed by atoms with Gasteiger partial charge in [0.05, 0.1) is 5.88 Å². The van der Waals surface area contributed by atoms with Crippen LogP contribution in [-0.4, -0.2) is 34.7 Å². The van der Waals surface area contributed by atoms with Gasteiger partial charge in [-0.2, -0.15) is 0 Å². The zero-order valence-electron chi connectivity index (χ0n) is 8.33. The van der Waals surface area contributed by atoms with Crippen molar-refractivity contribution in [3.05, 3.63) is 0 Å². The van der Waals surface area contributed by atoms with Crippen LogP contribution in [0.15, 0.2) is 0 Å². The molecular weight excluding hydrogens is 210 g/mol. The van der Waals surface area contributed by atoms with Crippen molar-refractivity contribution in [1.29, 1.82) is 0 Å². The van der Waals surface area contributed by atoms with Crippen molar-refractivity contribution in [3.8, 4) is 0 Å². The molecule has 82 valence electrons. The van der Waals surface area contributed by atoms with Crippen molar-refractivity contribution >= 4 is 23.7 Å². The van der Waals surface area contributed by atoms with Crippen molar-refractivity contribution in [2.24, 2.45) is 0 Å². The number of alkyl halides is 1. The van der Waals surface area contributed by atoms with Crippen LogP contribution in [0.3, 0.4) is 0 Å². The molecule has 0 bridgehead atoms. The van der Waals surface area contributed by atoms with Gasteiger partial charge in [0.25, 0.3) is 0 Å². The van der Waals surface area contributed by atoms with E-state index in [-0.39, 0.29) is 5.88 Å². The molecule has 1 amide bonds. The molecule has 0 aliphatic carbocycles. The molecular formula is C8H14ClNO4. The number of hydrogen-bond acceptors (Lipinski definition) is 3. The van der Waals surface area contributed by atoms with E-state index in [1.165, 1.54) is 0 Å². The van der Waals surface area contributed by atoms with Gasteiger partial charge in [0, 0.05) is 0 Å². The van der Waals surface area contributed by atoms with Crippen LogP contribution in [0.25, 0.3) is 0 Å². The Balaban J connectivity index is 4.11. The number of ether oxygens (including phenoxy) is 1. The summed E-state index contributed by atoms with van der Waals surface area (Å²) >= 11 is 5.33. The summed E-state index contributed by atoms with van der Waals surface area (Å²) in [6, 6.07) is -1.12. The van der Waals surface area contributed by atoms with Gasteiger partial charge in [0.2, 0.25) is 0 Å². The molecule has 2 N–H and O–H groups in total. The van der Waals surface area contributed by atoms with Crippen molar-refractivity contribution in [2.45, 2.75) is 32.4 Å². The largest absolute Gasteiger partial charge is 0.480 e. The molecule has 0 unspecified atom stereocenters. The Hall–Kier alpha value is -0.970. The normalized spacial score (nSPS) is 13.1. The SMILES string of the molecule is CC(C)(C)OC(=O)N[C@@H](CCl)C(=O)O. The highest BCUT2D eigenvalue weighted by atomic mass is 35.5. The van der Waals surface area contributed by atoms with Gasteiger partial charge in [-0.25, -0.2) is 9.59 Å². The first-order valence-electron chi connectivity index (χ1n) is 4.04. The maximum absolute atomic E-state index is 11.1. The highest BCUT2D eigenvalue weighted by molar-refractivity contribution is 6.19. The van der Waals surface area contributed by atoms with E-state index in [4.69, 9.17) is 21.4 Å². The number of rotatable bonds is 3. The third kappa shape index (κ3) is 5.64. The van der Waals surface area contributed by atoms with Gasteiger partial charge >= 0.3 is 12.1 Å². The Morgan fingerprint density at radius 3 is 2.29 bits per heavy atom. The summed E-state index contributed by atoms with van der Waals surface area (Å²) in [5.41, 5.74) is -0.653. The number of carboxylic acid groups (broad SMARTS) is 1. The van der Waals surface area contributed by atoms with Crippen molar-refractivity contribution in [3.63, 3.8) is 0 Å². The van der Waals surface area contributed by atoms with Crippen LogP contribution in [0.1, 0.15) is 20.8 Å². The van der Waals surface area contributed by atoms with E-state index >= 15 is 0 Å². The Morgan fingerprint density at radius 1 is 1.50 bits per heavy atom. The van der Waals surface area contributed by atoms with Crippen LogP contribution in [-0.2, 0) is 9.53 Å². The number of carbonyl (C=O) groups is 2. The Labute approximate surface area is 87.4 Å². The smallest absolute Gasteiger partial charge is 0.408 e. The zero-order valence-corrected chi connectivity index (χ0v) is 9.09. The third-order valence-electron chi connectivity index (χ3n) is 1.14. The van der Waals surface area contributed by atoms with Crippen LogP contribution >= 0.6 is 11.6 Å². The van der Waals surface area contributed by atoms with Gasteiger partial charge in [-0.1, -0.05) is 0 Å². The minimum absolute atomic E-state index is 0.200. The number of aliphatic carboxylic acids is 1. The monoisotopic (exact) mass is 223 g/mol. The maximum Gasteiger partial charge on any atom is 0.408 e. The van der Waals surface area contributed by atoms with E-state index in [1.54, 1.807) is 20.8 Å². The molecule has 0 heterocycles. The number of nitrogens with one attached hydrogen (secondary N) is 1. The first-order valence-corrected chi connectivity index (χ1v) is 4.58. The summed E-state index contributed by atoms with van der Waals surface area (Å²) in [6.07, 6.45) is -0.787. The summed E-state index contributed by atoms with van der Waals surface area (Å²) in [5, 5.41) is 10.7. The second kappa shape index (κ2) is 5.05. The van der Waals surface area contributed by atoms with Crippen LogP contribution in [0.4, 0.5) is 4.79 Å². The van der Waals surface area contributed by atoms with Crippen LogP contribution < -0.4 is 5.32 Å². The van der Waals surface area contributed by atoms with Crippen LogP contribution in [0, 0.1) is 0 Å². The van der Waals surface area contributed by atoms with Gasteiger partial charge in [-0.15, -0.1) is 11.6 Å². The summed E-state index contributed by atoms with van der Waals surface area (Å²) in [6.45, 7) is 5.05. The highest BCUT2D eigenvalue weighted by Gasteiger charge is 2.22. The molecule has 5 nitrogen and oxygen atoms in total. The van der Waals surface area contributed by atoms with E-state index in [9.17, 15) is 9.59 Å². The standard InChI is InChI=1S/C8H14ClNO4/c1-8(2,3)14-7(13)10-5(4-9)6(11)12/h5H,4H2,1-3H3,(H,10,13)(H,11,12)/t5-/m0/s1. The second-order valence-corrected chi connectivity index (χ2v) is 4.00. The molecule has 6 heteroatoms. The van der Waals surface area contributed by atoms with Crippen molar-refractivity contribution in [1.82, 2.24) is 5.32 Å². The fraction of sp³-hybridized carbons (Fsp3) is 0.750. The average Bonchev–Trinajstić information content (AvgIpc) is 1.96. The molecule has 0 saturated heterocycles. The molecule has 0 radical (unpaired) electrons. The first kappa shape index (κ1) is 13.0. The molecule has 0 fully saturated rings. The quantitative estimate of drug-likeness (QED) is 0.705. The third-order valence-corrected chi connectivity index (χ3v) is 1.45. The number of amides is 1. The van der Waals surface area contributed by atoms with Gasteiger partial charge in [0.15, 0.2) is 0 Å². The summed E-state index contributed by atoms with van der Waals surface area (Å²) < 4.78 is 4.85. The van der Waals surface area contributed by atoms with Crippen molar-refractivity contribution in [2.75, 3.05) is 5.88 Å². The topological polar surface area (TPSA) is 75.6 Å². The van der Waals surface area contributed by atoms with Gasteiger partial charge in [-0.05, 0) is 20.8 Å².